The Balaban J connectivity index is 2.87. The summed E-state index contributed by atoms with van der Waals surface area (Å²) < 4.78 is 1.18. The number of nitrogens with zero attached hydrogens (tertiary/aromatic N) is 1. The third-order valence-electron chi connectivity index (χ3n) is 4.13. The normalized spacial score (nSPS) is 14.4. The highest BCUT2D eigenvalue weighted by Gasteiger charge is 2.16. The van der Waals surface area contributed by atoms with Crippen molar-refractivity contribution in [3.63, 3.8) is 0 Å². The summed E-state index contributed by atoms with van der Waals surface area (Å²) in [5.74, 6) is 0.636. The second-order valence-corrected chi connectivity index (χ2v) is 6.84. The third kappa shape index (κ3) is 4.49. The van der Waals surface area contributed by atoms with Gasteiger partial charge in [0.2, 0.25) is 0 Å². The van der Waals surface area contributed by atoms with Crippen LogP contribution in [-0.4, -0.2) is 19.6 Å². The lowest BCUT2D eigenvalue weighted by molar-refractivity contribution is 0.505. The molecule has 0 bridgehead atoms. The highest BCUT2D eigenvalue weighted by molar-refractivity contribution is 9.10. The van der Waals surface area contributed by atoms with Gasteiger partial charge in [0.1, 0.15) is 0 Å². The maximum absolute atomic E-state index is 3.73. The van der Waals surface area contributed by atoms with Gasteiger partial charge >= 0.3 is 0 Å². The molecule has 1 N–H and O–H groups in total. The molecule has 0 saturated heterocycles. The fourth-order valence-electron chi connectivity index (χ4n) is 2.22. The van der Waals surface area contributed by atoms with Crippen molar-refractivity contribution < 1.29 is 0 Å². The molecule has 1 rings (SSSR count). The van der Waals surface area contributed by atoms with Gasteiger partial charge in [0, 0.05) is 23.6 Å². The smallest absolute Gasteiger partial charge is 0.0510 e. The summed E-state index contributed by atoms with van der Waals surface area (Å²) in [7, 11) is 2.17. The number of hydrogen-bond acceptors (Lipinski definition) is 2. The van der Waals surface area contributed by atoms with E-state index in [9.17, 15) is 0 Å². The molecule has 3 heteroatoms. The Hall–Kier alpha value is -0.540. The molecule has 2 unspecified atom stereocenters. The van der Waals surface area contributed by atoms with Crippen LogP contribution in [0.2, 0.25) is 0 Å². The van der Waals surface area contributed by atoms with Gasteiger partial charge in [-0.25, -0.2) is 0 Å². The largest absolute Gasteiger partial charge is 0.371 e. The molecule has 114 valence electrons. The Morgan fingerprint density at radius 2 is 1.85 bits per heavy atom. The van der Waals surface area contributed by atoms with Gasteiger partial charge in [-0.05, 0) is 66.4 Å². The second-order valence-electron chi connectivity index (χ2n) is 5.98. The van der Waals surface area contributed by atoms with E-state index in [0.717, 1.165) is 13.0 Å². The van der Waals surface area contributed by atoms with Crippen LogP contribution < -0.4 is 10.2 Å². The molecule has 2 atom stereocenters. The first-order valence-corrected chi connectivity index (χ1v) is 8.43. The van der Waals surface area contributed by atoms with Crippen molar-refractivity contribution in [3.8, 4) is 0 Å². The van der Waals surface area contributed by atoms with E-state index in [1.165, 1.54) is 15.7 Å². The molecule has 0 aliphatic rings. The summed E-state index contributed by atoms with van der Waals surface area (Å²) in [5.41, 5.74) is 2.59. The van der Waals surface area contributed by atoms with Gasteiger partial charge in [-0.2, -0.15) is 0 Å². The van der Waals surface area contributed by atoms with Crippen molar-refractivity contribution in [2.45, 2.75) is 53.1 Å². The van der Waals surface area contributed by atoms with Gasteiger partial charge in [0.15, 0.2) is 0 Å². The molecule has 0 aliphatic carbocycles. The molecule has 20 heavy (non-hydrogen) atoms. The highest BCUT2D eigenvalue weighted by atomic mass is 79.9. The average Bonchev–Trinajstić information content (AvgIpc) is 2.42. The second kappa shape index (κ2) is 8.04. The fourth-order valence-corrected chi connectivity index (χ4v) is 2.90. The Morgan fingerprint density at radius 1 is 1.20 bits per heavy atom. The standard InChI is InChI=1S/C17H29BrN2/c1-7-10-19-13(4)15-8-9-17(16(18)11-15)20(6)14(5)12(2)3/h8-9,11-14,19H,7,10H2,1-6H3. The Labute approximate surface area is 133 Å². The maximum Gasteiger partial charge on any atom is 0.0510 e. The first kappa shape index (κ1) is 17.5. The Kier molecular flexibility index (Phi) is 7.04. The van der Waals surface area contributed by atoms with Crippen LogP contribution >= 0.6 is 15.9 Å². The molecule has 0 saturated carbocycles. The summed E-state index contributed by atoms with van der Waals surface area (Å²) in [6, 6.07) is 7.62. The van der Waals surface area contributed by atoms with Crippen molar-refractivity contribution in [1.82, 2.24) is 5.32 Å². The molecule has 0 radical (unpaired) electrons. The van der Waals surface area contributed by atoms with E-state index in [1.807, 2.05) is 0 Å². The van der Waals surface area contributed by atoms with E-state index in [0.29, 0.717) is 18.0 Å². The molecule has 0 heterocycles. The summed E-state index contributed by atoms with van der Waals surface area (Å²) in [4.78, 5) is 2.35. The van der Waals surface area contributed by atoms with E-state index in [-0.39, 0.29) is 0 Å². The van der Waals surface area contributed by atoms with Crippen LogP contribution in [0.4, 0.5) is 5.69 Å². The minimum absolute atomic E-state index is 0.396. The monoisotopic (exact) mass is 340 g/mol. The van der Waals surface area contributed by atoms with Crippen LogP contribution in [0, 0.1) is 5.92 Å². The number of nitrogens with one attached hydrogen (secondary N) is 1. The van der Waals surface area contributed by atoms with Crippen LogP contribution in [0.5, 0.6) is 0 Å². The molecule has 1 aromatic carbocycles. The molecule has 2 nitrogen and oxygen atoms in total. The van der Waals surface area contributed by atoms with E-state index in [1.54, 1.807) is 0 Å². The molecular formula is C17H29BrN2. The lowest BCUT2D eigenvalue weighted by atomic mass is 10.0. The van der Waals surface area contributed by atoms with Gasteiger partial charge in [-0.15, -0.1) is 0 Å². The minimum atomic E-state index is 0.396. The molecule has 0 fully saturated rings. The van der Waals surface area contributed by atoms with Gasteiger partial charge in [0.25, 0.3) is 0 Å². The van der Waals surface area contributed by atoms with Gasteiger partial charge in [-0.1, -0.05) is 26.8 Å². The predicted octanol–water partition coefficient (Wildman–Crippen LogP) is 4.99. The lowest BCUT2D eigenvalue weighted by Crippen LogP contribution is -2.33. The molecule has 1 aromatic rings. The summed E-state index contributed by atoms with van der Waals surface area (Å²) in [5, 5.41) is 3.53. The Morgan fingerprint density at radius 3 is 2.35 bits per heavy atom. The van der Waals surface area contributed by atoms with Crippen LogP contribution in [0.1, 0.15) is 52.6 Å². The van der Waals surface area contributed by atoms with Crippen molar-refractivity contribution >= 4 is 21.6 Å². The van der Waals surface area contributed by atoms with E-state index >= 15 is 0 Å². The zero-order valence-electron chi connectivity index (χ0n) is 13.7. The molecule has 0 amide bonds. The van der Waals surface area contributed by atoms with Crippen LogP contribution in [0.15, 0.2) is 22.7 Å². The van der Waals surface area contributed by atoms with E-state index < -0.39 is 0 Å². The van der Waals surface area contributed by atoms with Crippen molar-refractivity contribution in [2.75, 3.05) is 18.5 Å². The summed E-state index contributed by atoms with van der Waals surface area (Å²) in [6.07, 6.45) is 1.16. The van der Waals surface area contributed by atoms with E-state index in [2.05, 4.69) is 86.0 Å². The molecule has 0 aliphatic heterocycles. The first-order chi connectivity index (χ1) is 9.38. The minimum Gasteiger partial charge on any atom is -0.371 e. The maximum atomic E-state index is 3.73. The van der Waals surface area contributed by atoms with Gasteiger partial charge < -0.3 is 10.2 Å². The number of rotatable bonds is 7. The average molecular weight is 341 g/mol. The van der Waals surface area contributed by atoms with Gasteiger partial charge in [0.05, 0.1) is 5.69 Å². The van der Waals surface area contributed by atoms with Crippen LogP contribution in [-0.2, 0) is 0 Å². The zero-order chi connectivity index (χ0) is 15.3. The highest BCUT2D eigenvalue weighted by Crippen LogP contribution is 2.31. The third-order valence-corrected chi connectivity index (χ3v) is 4.76. The lowest BCUT2D eigenvalue weighted by Gasteiger charge is -2.31. The number of hydrogen-bond donors (Lipinski definition) is 1. The number of anilines is 1. The topological polar surface area (TPSA) is 15.3 Å². The summed E-state index contributed by atoms with van der Waals surface area (Å²) in [6.45, 7) is 12.3. The fraction of sp³-hybridized carbons (Fsp3) is 0.647. The first-order valence-electron chi connectivity index (χ1n) is 7.64. The molecule has 0 spiro atoms. The zero-order valence-corrected chi connectivity index (χ0v) is 15.3. The summed E-state index contributed by atoms with van der Waals surface area (Å²) >= 11 is 3.73. The number of halogens is 1. The number of benzene rings is 1. The van der Waals surface area contributed by atoms with Crippen molar-refractivity contribution in [3.05, 3.63) is 28.2 Å². The van der Waals surface area contributed by atoms with Crippen molar-refractivity contribution in [1.29, 1.82) is 0 Å². The van der Waals surface area contributed by atoms with E-state index in [4.69, 9.17) is 0 Å². The molecule has 0 aromatic heterocycles. The predicted molar refractivity (Wildman–Crippen MR) is 93.6 cm³/mol. The van der Waals surface area contributed by atoms with Crippen molar-refractivity contribution in [2.24, 2.45) is 5.92 Å². The van der Waals surface area contributed by atoms with Crippen LogP contribution in [0.25, 0.3) is 0 Å². The van der Waals surface area contributed by atoms with Crippen LogP contribution in [0.3, 0.4) is 0 Å². The SMILES string of the molecule is CCCNC(C)c1ccc(N(C)C(C)C(C)C)c(Br)c1. The molecular weight excluding hydrogens is 312 g/mol. The quantitative estimate of drug-likeness (QED) is 0.752. The Bertz CT molecular complexity index is 417. The van der Waals surface area contributed by atoms with Gasteiger partial charge in [-0.3, -0.25) is 0 Å².